The van der Waals surface area contributed by atoms with Crippen LogP contribution in [0.4, 0.5) is 0 Å². The molecule has 1 aliphatic rings. The van der Waals surface area contributed by atoms with E-state index in [1.54, 1.807) is 0 Å². The van der Waals surface area contributed by atoms with Crippen molar-refractivity contribution in [3.05, 3.63) is 0 Å². The maximum Gasteiger partial charge on any atom is 0.0266 e. The second-order valence-electron chi connectivity index (χ2n) is 5.01. The van der Waals surface area contributed by atoms with Gasteiger partial charge >= 0.3 is 0 Å². The van der Waals surface area contributed by atoms with Gasteiger partial charge in [-0.15, -0.1) is 0 Å². The molecule has 0 aromatic rings. The van der Waals surface area contributed by atoms with Crippen molar-refractivity contribution in [2.24, 2.45) is 11.1 Å². The molecule has 0 radical (unpaired) electrons. The van der Waals surface area contributed by atoms with Gasteiger partial charge in [-0.1, -0.05) is 20.8 Å². The molecule has 1 fully saturated rings. The largest absolute Gasteiger partial charge is 0.329 e. The van der Waals surface area contributed by atoms with Gasteiger partial charge in [0, 0.05) is 18.6 Å². The number of rotatable bonds is 3. The van der Waals surface area contributed by atoms with Crippen LogP contribution in [0.1, 0.15) is 33.6 Å². The SMILES string of the molecule is CN(C1CC1)C(CN)C(C)(C)C. The van der Waals surface area contributed by atoms with E-state index < -0.39 is 0 Å². The van der Waals surface area contributed by atoms with Gasteiger partial charge in [0.25, 0.3) is 0 Å². The first-order chi connectivity index (χ1) is 5.46. The third-order valence-electron chi connectivity index (χ3n) is 2.84. The topological polar surface area (TPSA) is 29.3 Å². The van der Waals surface area contributed by atoms with Crippen LogP contribution in [0.25, 0.3) is 0 Å². The molecule has 0 bridgehead atoms. The summed E-state index contributed by atoms with van der Waals surface area (Å²) in [7, 11) is 2.21. The first kappa shape index (κ1) is 10.0. The summed E-state index contributed by atoms with van der Waals surface area (Å²) < 4.78 is 0. The van der Waals surface area contributed by atoms with E-state index in [2.05, 4.69) is 32.7 Å². The Morgan fingerprint density at radius 3 is 2.17 bits per heavy atom. The predicted octanol–water partition coefficient (Wildman–Crippen LogP) is 1.45. The van der Waals surface area contributed by atoms with E-state index in [4.69, 9.17) is 5.73 Å². The Labute approximate surface area is 76.1 Å². The fourth-order valence-electron chi connectivity index (χ4n) is 1.87. The Morgan fingerprint density at radius 2 is 1.92 bits per heavy atom. The molecule has 2 N–H and O–H groups in total. The second kappa shape index (κ2) is 3.35. The molecule has 1 rings (SSSR count). The van der Waals surface area contributed by atoms with Crippen LogP contribution in [-0.4, -0.2) is 30.6 Å². The van der Waals surface area contributed by atoms with Crippen LogP contribution in [0.5, 0.6) is 0 Å². The quantitative estimate of drug-likeness (QED) is 0.694. The lowest BCUT2D eigenvalue weighted by Gasteiger charge is -2.37. The zero-order valence-electron chi connectivity index (χ0n) is 8.80. The van der Waals surface area contributed by atoms with Gasteiger partial charge in [-0.05, 0) is 25.3 Å². The lowest BCUT2D eigenvalue weighted by molar-refractivity contribution is 0.125. The Bertz CT molecular complexity index is 144. The van der Waals surface area contributed by atoms with Gasteiger partial charge in [0.05, 0.1) is 0 Å². The standard InChI is InChI=1S/C10H22N2/c1-10(2,3)9(7-11)12(4)8-5-6-8/h8-9H,5-7,11H2,1-4H3. The highest BCUT2D eigenvalue weighted by atomic mass is 15.2. The zero-order valence-corrected chi connectivity index (χ0v) is 8.80. The Kier molecular flexibility index (Phi) is 2.79. The number of likely N-dealkylation sites (N-methyl/N-ethyl adjacent to an activating group) is 1. The van der Waals surface area contributed by atoms with Crippen molar-refractivity contribution in [1.29, 1.82) is 0 Å². The third-order valence-corrected chi connectivity index (χ3v) is 2.84. The highest BCUT2D eigenvalue weighted by Gasteiger charge is 2.35. The van der Waals surface area contributed by atoms with Crippen molar-refractivity contribution in [1.82, 2.24) is 4.90 Å². The van der Waals surface area contributed by atoms with Crippen LogP contribution < -0.4 is 5.73 Å². The lowest BCUT2D eigenvalue weighted by atomic mass is 9.86. The summed E-state index contributed by atoms with van der Waals surface area (Å²) >= 11 is 0. The highest BCUT2D eigenvalue weighted by Crippen LogP contribution is 2.32. The molecule has 0 spiro atoms. The monoisotopic (exact) mass is 170 g/mol. The molecule has 1 atom stereocenters. The van der Waals surface area contributed by atoms with Crippen molar-refractivity contribution in [3.8, 4) is 0 Å². The molecular formula is C10H22N2. The summed E-state index contributed by atoms with van der Waals surface area (Å²) in [6.07, 6.45) is 2.73. The normalized spacial score (nSPS) is 21.5. The van der Waals surface area contributed by atoms with Crippen molar-refractivity contribution in [2.75, 3.05) is 13.6 Å². The molecular weight excluding hydrogens is 148 g/mol. The average molecular weight is 170 g/mol. The lowest BCUT2D eigenvalue weighted by Crippen LogP contribution is -2.47. The van der Waals surface area contributed by atoms with Crippen LogP contribution in [-0.2, 0) is 0 Å². The van der Waals surface area contributed by atoms with Crippen LogP contribution in [0.2, 0.25) is 0 Å². The number of nitrogens with zero attached hydrogens (tertiary/aromatic N) is 1. The number of hydrogen-bond donors (Lipinski definition) is 1. The van der Waals surface area contributed by atoms with E-state index in [-0.39, 0.29) is 0 Å². The Hall–Kier alpha value is -0.0800. The van der Waals surface area contributed by atoms with Gasteiger partial charge in [0.15, 0.2) is 0 Å². The van der Waals surface area contributed by atoms with E-state index >= 15 is 0 Å². The average Bonchev–Trinajstić information content (AvgIpc) is 2.65. The number of nitrogens with two attached hydrogens (primary N) is 1. The van der Waals surface area contributed by atoms with Crippen LogP contribution >= 0.6 is 0 Å². The summed E-state index contributed by atoms with van der Waals surface area (Å²) in [5, 5.41) is 0. The highest BCUT2D eigenvalue weighted by molar-refractivity contribution is 4.91. The summed E-state index contributed by atoms with van der Waals surface area (Å²) in [5.74, 6) is 0. The molecule has 72 valence electrons. The molecule has 0 aliphatic heterocycles. The summed E-state index contributed by atoms with van der Waals surface area (Å²) in [5.41, 5.74) is 6.10. The minimum atomic E-state index is 0.312. The number of hydrogen-bond acceptors (Lipinski definition) is 2. The molecule has 1 aliphatic carbocycles. The molecule has 2 heteroatoms. The maximum atomic E-state index is 5.78. The van der Waals surface area contributed by atoms with E-state index in [1.165, 1.54) is 12.8 Å². The Balaban J connectivity index is 2.53. The van der Waals surface area contributed by atoms with Crippen molar-refractivity contribution >= 4 is 0 Å². The van der Waals surface area contributed by atoms with E-state index in [1.807, 2.05) is 0 Å². The fraction of sp³-hybridized carbons (Fsp3) is 1.00. The summed E-state index contributed by atoms with van der Waals surface area (Å²) in [4.78, 5) is 2.46. The minimum absolute atomic E-state index is 0.312. The second-order valence-corrected chi connectivity index (χ2v) is 5.01. The van der Waals surface area contributed by atoms with Crippen LogP contribution in [0.3, 0.4) is 0 Å². The molecule has 0 heterocycles. The summed E-state index contributed by atoms with van der Waals surface area (Å²) in [6.45, 7) is 7.58. The van der Waals surface area contributed by atoms with Crippen molar-refractivity contribution in [3.63, 3.8) is 0 Å². The van der Waals surface area contributed by atoms with Gasteiger partial charge in [0.1, 0.15) is 0 Å². The van der Waals surface area contributed by atoms with Gasteiger partial charge in [0.2, 0.25) is 0 Å². The smallest absolute Gasteiger partial charge is 0.0266 e. The maximum absolute atomic E-state index is 5.78. The first-order valence-corrected chi connectivity index (χ1v) is 4.89. The molecule has 0 saturated heterocycles. The van der Waals surface area contributed by atoms with Gasteiger partial charge < -0.3 is 5.73 Å². The summed E-state index contributed by atoms with van der Waals surface area (Å²) in [6, 6.07) is 1.35. The van der Waals surface area contributed by atoms with Crippen molar-refractivity contribution in [2.45, 2.75) is 45.7 Å². The fourth-order valence-corrected chi connectivity index (χ4v) is 1.87. The molecule has 1 saturated carbocycles. The molecule has 0 amide bonds. The van der Waals surface area contributed by atoms with Gasteiger partial charge in [-0.3, -0.25) is 4.90 Å². The molecule has 1 unspecified atom stereocenters. The zero-order chi connectivity index (χ0) is 9.35. The van der Waals surface area contributed by atoms with Crippen molar-refractivity contribution < 1.29 is 0 Å². The Morgan fingerprint density at radius 1 is 1.42 bits per heavy atom. The first-order valence-electron chi connectivity index (χ1n) is 4.89. The minimum Gasteiger partial charge on any atom is -0.329 e. The molecule has 0 aromatic carbocycles. The van der Waals surface area contributed by atoms with E-state index in [0.29, 0.717) is 11.5 Å². The molecule has 0 aromatic heterocycles. The van der Waals surface area contributed by atoms with E-state index in [0.717, 1.165) is 12.6 Å². The van der Waals surface area contributed by atoms with Crippen LogP contribution in [0, 0.1) is 5.41 Å². The molecule has 12 heavy (non-hydrogen) atoms. The molecule has 2 nitrogen and oxygen atoms in total. The van der Waals surface area contributed by atoms with E-state index in [9.17, 15) is 0 Å². The van der Waals surface area contributed by atoms with Gasteiger partial charge in [-0.2, -0.15) is 0 Å². The van der Waals surface area contributed by atoms with Gasteiger partial charge in [-0.25, -0.2) is 0 Å². The predicted molar refractivity (Wildman–Crippen MR) is 53.1 cm³/mol. The third kappa shape index (κ3) is 2.20. The van der Waals surface area contributed by atoms with Crippen LogP contribution in [0.15, 0.2) is 0 Å².